The Balaban J connectivity index is 2.87. The zero-order chi connectivity index (χ0) is 9.42. The van der Waals surface area contributed by atoms with Crippen LogP contribution in [-0.2, 0) is 0 Å². The van der Waals surface area contributed by atoms with Gasteiger partial charge in [0.15, 0.2) is 0 Å². The molecule has 0 aliphatic carbocycles. The number of nitrogens with two attached hydrogens (primary N) is 1. The van der Waals surface area contributed by atoms with E-state index in [0.717, 1.165) is 5.39 Å². The van der Waals surface area contributed by atoms with Crippen molar-refractivity contribution in [3.8, 4) is 0 Å². The molecule has 0 bridgehead atoms. The molecule has 0 saturated heterocycles. The molecule has 0 aliphatic rings. The van der Waals surface area contributed by atoms with E-state index < -0.39 is 0 Å². The van der Waals surface area contributed by atoms with Crippen LogP contribution in [0.5, 0.6) is 0 Å². The molecule has 13 heavy (non-hydrogen) atoms. The van der Waals surface area contributed by atoms with Crippen LogP contribution in [0.1, 0.15) is 0 Å². The highest BCUT2D eigenvalue weighted by Crippen LogP contribution is 2.22. The molecule has 1 aromatic heterocycles. The molecule has 1 heterocycles. The number of rotatable bonds is 0. The van der Waals surface area contributed by atoms with Crippen LogP contribution in [0.4, 0.5) is 5.82 Å². The van der Waals surface area contributed by atoms with Gasteiger partial charge in [0.05, 0.1) is 5.52 Å². The molecule has 0 saturated carbocycles. The van der Waals surface area contributed by atoms with Crippen molar-refractivity contribution in [1.82, 2.24) is 9.97 Å². The highest BCUT2D eigenvalue weighted by atomic mass is 35.5. The first-order chi connectivity index (χ1) is 6.16. The summed E-state index contributed by atoms with van der Waals surface area (Å²) in [5.74, 6) is 0.345. The largest absolute Gasteiger partial charge is 0.383 e. The molecule has 0 aliphatic heterocycles. The van der Waals surface area contributed by atoms with E-state index in [0.29, 0.717) is 16.4 Å². The third kappa shape index (κ3) is 1.53. The van der Waals surface area contributed by atoms with Crippen LogP contribution in [0.2, 0.25) is 10.3 Å². The lowest BCUT2D eigenvalue weighted by atomic mass is 10.2. The number of hydrogen-bond donors (Lipinski definition) is 1. The average Bonchev–Trinajstić information content (AvgIpc) is 2.06. The van der Waals surface area contributed by atoms with E-state index in [-0.39, 0.29) is 5.28 Å². The van der Waals surface area contributed by atoms with Gasteiger partial charge < -0.3 is 5.73 Å². The maximum absolute atomic E-state index is 5.79. The fourth-order valence-electron chi connectivity index (χ4n) is 1.09. The Morgan fingerprint density at radius 3 is 2.69 bits per heavy atom. The minimum absolute atomic E-state index is 0.146. The molecule has 2 N–H and O–H groups in total. The second-order valence-electron chi connectivity index (χ2n) is 2.54. The van der Waals surface area contributed by atoms with Crippen molar-refractivity contribution in [2.24, 2.45) is 0 Å². The van der Waals surface area contributed by atoms with Gasteiger partial charge in [0.2, 0.25) is 5.28 Å². The van der Waals surface area contributed by atoms with E-state index in [1.807, 2.05) is 0 Å². The minimum Gasteiger partial charge on any atom is -0.383 e. The lowest BCUT2D eigenvalue weighted by Gasteiger charge is -2.00. The van der Waals surface area contributed by atoms with Crippen molar-refractivity contribution in [2.45, 2.75) is 0 Å². The average molecular weight is 214 g/mol. The molecule has 0 spiro atoms. The van der Waals surface area contributed by atoms with Crippen molar-refractivity contribution >= 4 is 39.9 Å². The van der Waals surface area contributed by atoms with Crippen LogP contribution in [-0.4, -0.2) is 9.97 Å². The van der Waals surface area contributed by atoms with E-state index in [1.54, 1.807) is 18.2 Å². The van der Waals surface area contributed by atoms with Crippen molar-refractivity contribution < 1.29 is 0 Å². The molecule has 1 aromatic carbocycles. The predicted octanol–water partition coefficient (Wildman–Crippen LogP) is 2.52. The van der Waals surface area contributed by atoms with Crippen molar-refractivity contribution in [3.05, 3.63) is 28.5 Å². The summed E-state index contributed by atoms with van der Waals surface area (Å²) in [5.41, 5.74) is 6.33. The smallest absolute Gasteiger partial charge is 0.224 e. The fourth-order valence-corrected chi connectivity index (χ4v) is 1.45. The van der Waals surface area contributed by atoms with Crippen molar-refractivity contribution in [1.29, 1.82) is 0 Å². The fraction of sp³-hybridized carbons (Fsp3) is 0. The summed E-state index contributed by atoms with van der Waals surface area (Å²) in [6, 6.07) is 5.19. The molecule has 3 nitrogen and oxygen atoms in total. The normalized spacial score (nSPS) is 10.6. The summed E-state index contributed by atoms with van der Waals surface area (Å²) in [4.78, 5) is 7.81. The first kappa shape index (κ1) is 8.53. The van der Waals surface area contributed by atoms with Gasteiger partial charge in [-0.2, -0.15) is 0 Å². The molecule has 0 fully saturated rings. The molecular formula is C8H5Cl2N3. The number of halogens is 2. The first-order valence-corrected chi connectivity index (χ1v) is 4.31. The Bertz CT molecular complexity index is 470. The highest BCUT2D eigenvalue weighted by Gasteiger charge is 2.03. The Morgan fingerprint density at radius 1 is 1.15 bits per heavy atom. The van der Waals surface area contributed by atoms with Gasteiger partial charge in [0.1, 0.15) is 5.82 Å². The number of hydrogen-bond acceptors (Lipinski definition) is 3. The molecule has 2 aromatic rings. The van der Waals surface area contributed by atoms with Gasteiger partial charge in [-0.1, -0.05) is 11.6 Å². The van der Waals surface area contributed by atoms with E-state index in [1.165, 1.54) is 0 Å². The molecule has 2 rings (SSSR count). The monoisotopic (exact) mass is 213 g/mol. The molecular weight excluding hydrogens is 209 g/mol. The summed E-state index contributed by atoms with van der Waals surface area (Å²) in [6.45, 7) is 0. The second-order valence-corrected chi connectivity index (χ2v) is 3.31. The maximum Gasteiger partial charge on any atom is 0.224 e. The molecule has 0 unspecified atom stereocenters. The molecule has 0 amide bonds. The summed E-state index contributed by atoms with van der Waals surface area (Å²) >= 11 is 11.4. The Hall–Kier alpha value is -1.06. The molecule has 0 radical (unpaired) electrons. The summed E-state index contributed by atoms with van der Waals surface area (Å²) in [6.07, 6.45) is 0. The van der Waals surface area contributed by atoms with Crippen LogP contribution >= 0.6 is 23.2 Å². The van der Waals surface area contributed by atoms with Crippen LogP contribution < -0.4 is 5.73 Å². The van der Waals surface area contributed by atoms with Crippen molar-refractivity contribution in [3.63, 3.8) is 0 Å². The van der Waals surface area contributed by atoms with Crippen molar-refractivity contribution in [2.75, 3.05) is 5.73 Å². The molecule has 5 heteroatoms. The van der Waals surface area contributed by atoms with Gasteiger partial charge >= 0.3 is 0 Å². The Labute approximate surface area is 84.5 Å². The zero-order valence-corrected chi connectivity index (χ0v) is 7.97. The van der Waals surface area contributed by atoms with Gasteiger partial charge in [0.25, 0.3) is 0 Å². The quantitative estimate of drug-likeness (QED) is 0.685. The van der Waals surface area contributed by atoms with E-state index in [4.69, 9.17) is 28.9 Å². The molecule has 0 atom stereocenters. The van der Waals surface area contributed by atoms with Crippen LogP contribution in [0, 0.1) is 0 Å². The first-order valence-electron chi connectivity index (χ1n) is 3.55. The highest BCUT2D eigenvalue weighted by molar-refractivity contribution is 6.31. The van der Waals surface area contributed by atoms with Gasteiger partial charge in [-0.05, 0) is 29.8 Å². The van der Waals surface area contributed by atoms with E-state index in [9.17, 15) is 0 Å². The third-order valence-electron chi connectivity index (χ3n) is 1.66. The van der Waals surface area contributed by atoms with E-state index >= 15 is 0 Å². The SMILES string of the molecule is Nc1nc(Cl)nc2ccc(Cl)cc12. The second kappa shape index (κ2) is 3.01. The summed E-state index contributed by atoms with van der Waals surface area (Å²) in [5, 5.41) is 1.47. The Morgan fingerprint density at radius 2 is 1.92 bits per heavy atom. The lowest BCUT2D eigenvalue weighted by molar-refractivity contribution is 1.23. The summed E-state index contributed by atoms with van der Waals surface area (Å²) in [7, 11) is 0. The number of nitrogens with zero attached hydrogens (tertiary/aromatic N) is 2. The number of aromatic nitrogens is 2. The van der Waals surface area contributed by atoms with Crippen LogP contribution in [0.25, 0.3) is 10.9 Å². The standard InChI is InChI=1S/C8H5Cl2N3/c9-4-1-2-6-5(3-4)7(11)13-8(10)12-6/h1-3H,(H2,11,12,13). The predicted molar refractivity (Wildman–Crippen MR) is 54.0 cm³/mol. The van der Waals surface area contributed by atoms with Gasteiger partial charge in [-0.3, -0.25) is 0 Å². The van der Waals surface area contributed by atoms with Gasteiger partial charge in [-0.25, -0.2) is 9.97 Å². The van der Waals surface area contributed by atoms with Gasteiger partial charge in [-0.15, -0.1) is 0 Å². The third-order valence-corrected chi connectivity index (χ3v) is 2.06. The zero-order valence-electron chi connectivity index (χ0n) is 6.46. The van der Waals surface area contributed by atoms with E-state index in [2.05, 4.69) is 9.97 Å². The number of benzene rings is 1. The lowest BCUT2D eigenvalue weighted by Crippen LogP contribution is -1.94. The number of anilines is 1. The van der Waals surface area contributed by atoms with Crippen LogP contribution in [0.15, 0.2) is 18.2 Å². The topological polar surface area (TPSA) is 51.8 Å². The Kier molecular flexibility index (Phi) is 1.98. The minimum atomic E-state index is 0.146. The van der Waals surface area contributed by atoms with Gasteiger partial charge in [0, 0.05) is 10.4 Å². The van der Waals surface area contributed by atoms with Crippen LogP contribution in [0.3, 0.4) is 0 Å². The number of fused-ring (bicyclic) bond motifs is 1. The molecule has 66 valence electrons. The summed E-state index contributed by atoms with van der Waals surface area (Å²) < 4.78 is 0. The number of nitrogen functional groups attached to an aromatic ring is 1. The maximum atomic E-state index is 5.79.